The Morgan fingerprint density at radius 3 is 2.61 bits per heavy atom. The number of rotatable bonds is 7. The zero-order chi connectivity index (χ0) is 13.4. The van der Waals surface area contributed by atoms with Crippen LogP contribution in [0.25, 0.3) is 0 Å². The molecule has 0 aliphatic carbocycles. The molecule has 0 spiro atoms. The van der Waals surface area contributed by atoms with Gasteiger partial charge in [-0.25, -0.2) is 0 Å². The van der Waals surface area contributed by atoms with Crippen molar-refractivity contribution < 1.29 is 9.53 Å². The van der Waals surface area contributed by atoms with Gasteiger partial charge in [0.25, 0.3) is 0 Å². The van der Waals surface area contributed by atoms with E-state index in [4.69, 9.17) is 16.3 Å². The molecule has 0 saturated carbocycles. The van der Waals surface area contributed by atoms with E-state index in [1.54, 1.807) is 11.9 Å². The Morgan fingerprint density at radius 2 is 2.00 bits per heavy atom. The summed E-state index contributed by atoms with van der Waals surface area (Å²) in [7, 11) is 1.79. The topological polar surface area (TPSA) is 29.5 Å². The van der Waals surface area contributed by atoms with Crippen molar-refractivity contribution in [1.29, 1.82) is 0 Å². The number of likely N-dealkylation sites (N-methyl/N-ethyl adjacent to an activating group) is 1. The van der Waals surface area contributed by atoms with E-state index in [0.29, 0.717) is 25.5 Å². The van der Waals surface area contributed by atoms with Gasteiger partial charge in [-0.15, -0.1) is 11.6 Å². The molecule has 1 amide bonds. The number of nitrogens with zero attached hydrogens (tertiary/aromatic N) is 1. The van der Waals surface area contributed by atoms with Gasteiger partial charge in [0, 0.05) is 19.3 Å². The first-order chi connectivity index (χ1) is 8.63. The van der Waals surface area contributed by atoms with E-state index in [0.717, 1.165) is 12.2 Å². The lowest BCUT2D eigenvalue weighted by Crippen LogP contribution is -2.30. The molecule has 0 radical (unpaired) electrons. The summed E-state index contributed by atoms with van der Waals surface area (Å²) >= 11 is 5.55. The van der Waals surface area contributed by atoms with E-state index in [-0.39, 0.29) is 5.91 Å². The molecule has 0 bridgehead atoms. The van der Waals surface area contributed by atoms with Gasteiger partial charge in [-0.2, -0.15) is 0 Å². The number of alkyl halides is 1. The smallest absolute Gasteiger partial charge is 0.222 e. The highest BCUT2D eigenvalue weighted by atomic mass is 35.5. The highest BCUT2D eigenvalue weighted by molar-refractivity contribution is 6.17. The van der Waals surface area contributed by atoms with Crippen molar-refractivity contribution in [2.75, 3.05) is 26.1 Å². The molecule has 0 N–H and O–H groups in total. The summed E-state index contributed by atoms with van der Waals surface area (Å²) < 4.78 is 5.57. The number of carbonyl (C=O) groups is 1. The van der Waals surface area contributed by atoms with Crippen LogP contribution in [-0.2, 0) is 4.79 Å². The van der Waals surface area contributed by atoms with Crippen LogP contribution in [0.5, 0.6) is 5.75 Å². The molecule has 1 aromatic carbocycles. The van der Waals surface area contributed by atoms with Crippen LogP contribution in [0.4, 0.5) is 0 Å². The monoisotopic (exact) mass is 269 g/mol. The summed E-state index contributed by atoms with van der Waals surface area (Å²) in [5, 5.41) is 0. The summed E-state index contributed by atoms with van der Waals surface area (Å²) in [5.74, 6) is 1.48. The summed E-state index contributed by atoms with van der Waals surface area (Å²) in [6.45, 7) is 3.13. The summed E-state index contributed by atoms with van der Waals surface area (Å²) in [5.41, 5.74) is 1.20. The van der Waals surface area contributed by atoms with Gasteiger partial charge >= 0.3 is 0 Å². The van der Waals surface area contributed by atoms with Crippen molar-refractivity contribution in [1.82, 2.24) is 4.90 Å². The van der Waals surface area contributed by atoms with Crippen molar-refractivity contribution in [2.24, 2.45) is 0 Å². The molecule has 18 heavy (non-hydrogen) atoms. The molecule has 1 aromatic rings. The van der Waals surface area contributed by atoms with E-state index in [1.807, 2.05) is 31.2 Å². The lowest BCUT2D eigenvalue weighted by molar-refractivity contribution is -0.130. The lowest BCUT2D eigenvalue weighted by atomic mass is 10.2. The van der Waals surface area contributed by atoms with E-state index in [9.17, 15) is 4.79 Å². The predicted octanol–water partition coefficient (Wildman–Crippen LogP) is 2.85. The minimum atomic E-state index is 0.114. The molecule has 0 aromatic heterocycles. The number of ether oxygens (including phenoxy) is 1. The van der Waals surface area contributed by atoms with Gasteiger partial charge in [0.15, 0.2) is 0 Å². The molecule has 0 atom stereocenters. The maximum absolute atomic E-state index is 11.6. The Labute approximate surface area is 114 Å². The maximum Gasteiger partial charge on any atom is 0.222 e. The van der Waals surface area contributed by atoms with Crippen LogP contribution >= 0.6 is 11.6 Å². The number of carbonyl (C=O) groups excluding carboxylic acids is 1. The Hall–Kier alpha value is -1.22. The maximum atomic E-state index is 11.6. The average Bonchev–Trinajstić information content (AvgIpc) is 2.38. The Kier molecular flexibility index (Phi) is 6.58. The Balaban J connectivity index is 2.24. The van der Waals surface area contributed by atoms with Crippen LogP contribution in [0.3, 0.4) is 0 Å². The van der Waals surface area contributed by atoms with Gasteiger partial charge in [-0.05, 0) is 25.5 Å². The first-order valence-corrected chi connectivity index (χ1v) is 6.66. The van der Waals surface area contributed by atoms with E-state index < -0.39 is 0 Å². The van der Waals surface area contributed by atoms with Crippen LogP contribution < -0.4 is 4.74 Å². The number of aryl methyl sites for hydroxylation is 1. The van der Waals surface area contributed by atoms with Gasteiger partial charge in [0.2, 0.25) is 5.91 Å². The van der Waals surface area contributed by atoms with Gasteiger partial charge < -0.3 is 9.64 Å². The SMILES string of the molecule is Cc1ccc(OCCN(C)C(=O)CCCCl)cc1. The highest BCUT2D eigenvalue weighted by Gasteiger charge is 2.07. The van der Waals surface area contributed by atoms with Crippen LogP contribution in [0.15, 0.2) is 24.3 Å². The first-order valence-electron chi connectivity index (χ1n) is 6.13. The van der Waals surface area contributed by atoms with Crippen molar-refractivity contribution in [3.8, 4) is 5.75 Å². The summed E-state index contributed by atoms with van der Waals surface area (Å²) in [4.78, 5) is 13.3. The second kappa shape index (κ2) is 7.98. The van der Waals surface area contributed by atoms with Crippen LogP contribution in [-0.4, -0.2) is 36.9 Å². The number of hydrogen-bond donors (Lipinski definition) is 0. The molecule has 0 saturated heterocycles. The summed E-state index contributed by atoms with van der Waals surface area (Å²) in [6.07, 6.45) is 1.23. The second-order valence-corrected chi connectivity index (χ2v) is 4.65. The van der Waals surface area contributed by atoms with E-state index >= 15 is 0 Å². The molecular weight excluding hydrogens is 250 g/mol. The van der Waals surface area contributed by atoms with Crippen molar-refractivity contribution in [2.45, 2.75) is 19.8 Å². The minimum absolute atomic E-state index is 0.114. The molecule has 3 nitrogen and oxygen atoms in total. The molecule has 100 valence electrons. The number of benzene rings is 1. The van der Waals surface area contributed by atoms with Crippen molar-refractivity contribution in [3.05, 3.63) is 29.8 Å². The largest absolute Gasteiger partial charge is 0.492 e. The normalized spacial score (nSPS) is 10.2. The molecule has 0 heterocycles. The Bertz CT molecular complexity index is 365. The van der Waals surface area contributed by atoms with E-state index in [1.165, 1.54) is 5.56 Å². The zero-order valence-corrected chi connectivity index (χ0v) is 11.7. The van der Waals surface area contributed by atoms with Gasteiger partial charge in [-0.1, -0.05) is 17.7 Å². The molecule has 0 fully saturated rings. The lowest BCUT2D eigenvalue weighted by Gasteiger charge is -2.17. The van der Waals surface area contributed by atoms with Crippen molar-refractivity contribution in [3.63, 3.8) is 0 Å². The third kappa shape index (κ3) is 5.41. The number of hydrogen-bond acceptors (Lipinski definition) is 2. The zero-order valence-electron chi connectivity index (χ0n) is 11.0. The standard InChI is InChI=1S/C14H20ClNO2/c1-12-5-7-13(8-6-12)18-11-10-16(2)14(17)4-3-9-15/h5-8H,3-4,9-11H2,1-2H3. The molecule has 0 unspecified atom stereocenters. The van der Waals surface area contributed by atoms with Gasteiger partial charge in [-0.3, -0.25) is 4.79 Å². The third-order valence-electron chi connectivity index (χ3n) is 2.67. The fourth-order valence-corrected chi connectivity index (χ4v) is 1.60. The molecular formula is C14H20ClNO2. The molecule has 0 aliphatic rings. The fraction of sp³-hybridized carbons (Fsp3) is 0.500. The van der Waals surface area contributed by atoms with Gasteiger partial charge in [0.1, 0.15) is 12.4 Å². The second-order valence-electron chi connectivity index (χ2n) is 4.27. The quantitative estimate of drug-likeness (QED) is 0.713. The van der Waals surface area contributed by atoms with Crippen LogP contribution in [0.2, 0.25) is 0 Å². The summed E-state index contributed by atoms with van der Waals surface area (Å²) in [6, 6.07) is 7.88. The Morgan fingerprint density at radius 1 is 1.33 bits per heavy atom. The predicted molar refractivity (Wildman–Crippen MR) is 74.3 cm³/mol. The first kappa shape index (κ1) is 14.8. The van der Waals surface area contributed by atoms with Crippen LogP contribution in [0, 0.1) is 6.92 Å². The van der Waals surface area contributed by atoms with Crippen LogP contribution in [0.1, 0.15) is 18.4 Å². The third-order valence-corrected chi connectivity index (χ3v) is 2.93. The minimum Gasteiger partial charge on any atom is -0.492 e. The average molecular weight is 270 g/mol. The highest BCUT2D eigenvalue weighted by Crippen LogP contribution is 2.11. The van der Waals surface area contributed by atoms with E-state index in [2.05, 4.69) is 0 Å². The number of amides is 1. The molecule has 0 aliphatic heterocycles. The molecule has 4 heteroatoms. The van der Waals surface area contributed by atoms with Crippen molar-refractivity contribution >= 4 is 17.5 Å². The fourth-order valence-electron chi connectivity index (χ4n) is 1.47. The molecule has 1 rings (SSSR count). The number of halogens is 1. The van der Waals surface area contributed by atoms with Gasteiger partial charge in [0.05, 0.1) is 6.54 Å².